The molecule has 0 aliphatic carbocycles. The van der Waals surface area contributed by atoms with Gasteiger partial charge in [0, 0.05) is 50.1 Å². The van der Waals surface area contributed by atoms with Gasteiger partial charge in [-0.05, 0) is 5.22 Å². The van der Waals surface area contributed by atoms with Crippen LogP contribution in [0, 0.1) is 29.3 Å². The van der Waals surface area contributed by atoms with Crippen LogP contribution in [0.2, 0.25) is 0 Å². The fraction of sp³-hybridized carbons (Fsp3) is 0.389. The van der Waals surface area contributed by atoms with E-state index in [0.717, 1.165) is 11.2 Å². The van der Waals surface area contributed by atoms with Crippen LogP contribution in [0.5, 0.6) is 0 Å². The molecule has 31 heavy (non-hydrogen) atoms. The Hall–Kier alpha value is -3.22. The van der Waals surface area contributed by atoms with Gasteiger partial charge in [-0.15, -0.1) is 5.10 Å². The van der Waals surface area contributed by atoms with Gasteiger partial charge in [-0.25, -0.2) is 18.2 Å². The van der Waals surface area contributed by atoms with Crippen molar-refractivity contribution in [2.24, 2.45) is 33.0 Å². The molecule has 9 nitrogen and oxygen atoms in total. The van der Waals surface area contributed by atoms with Gasteiger partial charge in [0.1, 0.15) is 5.82 Å². The van der Waals surface area contributed by atoms with Crippen LogP contribution in [-0.4, -0.2) is 54.6 Å². The number of thiazole rings is 1. The normalized spacial score (nSPS) is 21.3. The summed E-state index contributed by atoms with van der Waals surface area (Å²) in [6, 6.07) is 1.57. The number of nitrogens with zero attached hydrogens (tertiary/aromatic N) is 6. The summed E-state index contributed by atoms with van der Waals surface area (Å²) in [7, 11) is 0. The average molecular weight is 453 g/mol. The zero-order valence-corrected chi connectivity index (χ0v) is 16.9. The molecule has 0 bridgehead atoms. The number of benzene rings is 1. The maximum absolute atomic E-state index is 14.1. The summed E-state index contributed by atoms with van der Waals surface area (Å²) < 4.78 is 41.2. The summed E-state index contributed by atoms with van der Waals surface area (Å²) in [5.41, 5.74) is 5.79. The van der Waals surface area contributed by atoms with E-state index in [1.54, 1.807) is 11.1 Å². The molecule has 1 aromatic heterocycles. The first-order valence-corrected chi connectivity index (χ1v) is 10.2. The molecule has 0 amide bonds. The van der Waals surface area contributed by atoms with Crippen LogP contribution in [-0.2, 0) is 4.79 Å². The number of fused-ring (bicyclic) bond motifs is 1. The Labute approximate surface area is 178 Å². The second-order valence-corrected chi connectivity index (χ2v) is 8.33. The van der Waals surface area contributed by atoms with Crippen LogP contribution in [0.4, 0.5) is 24.0 Å². The highest BCUT2D eigenvalue weighted by Gasteiger charge is 2.41. The first-order valence-electron chi connectivity index (χ1n) is 9.34. The fourth-order valence-corrected chi connectivity index (χ4v) is 4.70. The molecule has 164 valence electrons. The number of carbonyl (C=O) groups is 1. The molecular formula is C18H18F3N7O2S. The van der Waals surface area contributed by atoms with Crippen molar-refractivity contribution in [3.05, 3.63) is 40.7 Å². The lowest BCUT2D eigenvalue weighted by molar-refractivity contribution is -0.135. The Morgan fingerprint density at radius 2 is 1.87 bits per heavy atom. The number of anilines is 2. The maximum Gasteiger partial charge on any atom is 0.327 e. The first-order chi connectivity index (χ1) is 14.8. The molecule has 3 heterocycles. The van der Waals surface area contributed by atoms with Crippen LogP contribution in [0.25, 0.3) is 0 Å². The van der Waals surface area contributed by atoms with Crippen molar-refractivity contribution in [3.63, 3.8) is 0 Å². The summed E-state index contributed by atoms with van der Waals surface area (Å²) in [6.07, 6.45) is 1.55. The summed E-state index contributed by atoms with van der Waals surface area (Å²) in [5.74, 6) is -3.66. The number of aliphatic carboxylic acids is 1. The first kappa shape index (κ1) is 21.0. The van der Waals surface area contributed by atoms with Crippen molar-refractivity contribution in [2.45, 2.75) is 0 Å². The second-order valence-electron chi connectivity index (χ2n) is 7.33. The Bertz CT molecular complexity index is 1050. The minimum atomic E-state index is -1.19. The molecule has 2 aliphatic rings. The fourth-order valence-electron chi connectivity index (χ4n) is 3.87. The lowest BCUT2D eigenvalue weighted by atomic mass is 10.0. The molecule has 3 N–H and O–H groups in total. The van der Waals surface area contributed by atoms with Crippen LogP contribution >= 0.6 is 11.3 Å². The molecule has 2 atom stereocenters. The number of rotatable bonds is 6. The Kier molecular flexibility index (Phi) is 5.76. The molecule has 2 unspecified atom stereocenters. The van der Waals surface area contributed by atoms with E-state index >= 15 is 0 Å². The van der Waals surface area contributed by atoms with Crippen molar-refractivity contribution in [1.29, 1.82) is 0 Å². The monoisotopic (exact) mass is 453 g/mol. The Morgan fingerprint density at radius 1 is 1.19 bits per heavy atom. The molecular weight excluding hydrogens is 435 g/mol. The minimum absolute atomic E-state index is 0.0453. The standard InChI is InChI=1S/C18H18F3N7O2S/c19-11-1-12(20)16(21)13(2-11)27-5-9-7-28(8-10(9)6-27)18-23-3-14(31-18)17(22)25-26-24-4-15(29)30/h1-3,9-10H,4-8H2,(H,29,30)(H2,22,24,25). The van der Waals surface area contributed by atoms with Crippen molar-refractivity contribution >= 4 is 34.0 Å². The number of aromatic nitrogens is 1. The van der Waals surface area contributed by atoms with Crippen LogP contribution in [0.15, 0.2) is 33.8 Å². The van der Waals surface area contributed by atoms with Gasteiger partial charge in [-0.1, -0.05) is 11.3 Å². The van der Waals surface area contributed by atoms with E-state index in [-0.39, 0.29) is 23.4 Å². The largest absolute Gasteiger partial charge is 0.480 e. The van der Waals surface area contributed by atoms with E-state index in [4.69, 9.17) is 10.8 Å². The van der Waals surface area contributed by atoms with Crippen LogP contribution < -0.4 is 15.5 Å². The van der Waals surface area contributed by atoms with Crippen molar-refractivity contribution in [1.82, 2.24) is 4.98 Å². The molecule has 1 aromatic carbocycles. The van der Waals surface area contributed by atoms with Crippen LogP contribution in [0.3, 0.4) is 0 Å². The van der Waals surface area contributed by atoms with Gasteiger partial charge < -0.3 is 20.6 Å². The topological polar surface area (TPSA) is 120 Å². The summed E-state index contributed by atoms with van der Waals surface area (Å²) in [5, 5.41) is 19.7. The van der Waals surface area contributed by atoms with Gasteiger partial charge in [0.15, 0.2) is 29.1 Å². The predicted molar refractivity (Wildman–Crippen MR) is 108 cm³/mol. The van der Waals surface area contributed by atoms with Gasteiger partial charge in [0.25, 0.3) is 0 Å². The molecule has 2 aliphatic heterocycles. The van der Waals surface area contributed by atoms with Crippen molar-refractivity contribution < 1.29 is 23.1 Å². The zero-order chi connectivity index (χ0) is 22.1. The third-order valence-corrected chi connectivity index (χ3v) is 6.32. The van der Waals surface area contributed by atoms with Crippen molar-refractivity contribution in [3.8, 4) is 0 Å². The van der Waals surface area contributed by atoms with Gasteiger partial charge >= 0.3 is 5.97 Å². The number of carboxylic acids is 1. The Balaban J connectivity index is 1.39. The highest BCUT2D eigenvalue weighted by atomic mass is 32.1. The van der Waals surface area contributed by atoms with Gasteiger partial charge in [0.05, 0.1) is 16.8 Å². The molecule has 4 rings (SSSR count). The zero-order valence-electron chi connectivity index (χ0n) is 16.1. The quantitative estimate of drug-likeness (QED) is 0.228. The van der Waals surface area contributed by atoms with Gasteiger partial charge in [-0.2, -0.15) is 5.11 Å². The second kappa shape index (κ2) is 8.49. The molecule has 0 spiro atoms. The van der Waals surface area contributed by atoms with E-state index in [0.29, 0.717) is 37.1 Å². The molecule has 2 aromatic rings. The minimum Gasteiger partial charge on any atom is -0.480 e. The van der Waals surface area contributed by atoms with Gasteiger partial charge in [0.2, 0.25) is 0 Å². The molecule has 2 saturated heterocycles. The lowest BCUT2D eigenvalue weighted by Crippen LogP contribution is -2.29. The van der Waals surface area contributed by atoms with E-state index in [1.165, 1.54) is 11.3 Å². The summed E-state index contributed by atoms with van der Waals surface area (Å²) in [6.45, 7) is 1.83. The average Bonchev–Trinajstić information content (AvgIpc) is 3.41. The number of hydrogen-bond acceptors (Lipinski definition) is 7. The molecule has 13 heteroatoms. The smallest absolute Gasteiger partial charge is 0.327 e. The van der Waals surface area contributed by atoms with Crippen molar-refractivity contribution in [2.75, 3.05) is 42.5 Å². The van der Waals surface area contributed by atoms with Gasteiger partial charge in [-0.3, -0.25) is 4.79 Å². The highest BCUT2D eigenvalue weighted by molar-refractivity contribution is 7.17. The third-order valence-electron chi connectivity index (χ3n) is 5.24. The number of nitrogens with two attached hydrogens (primary N) is 1. The number of halogens is 3. The molecule has 0 radical (unpaired) electrons. The SMILES string of the molecule is N/C(=N\N=NCC(=O)O)c1cnc(N2CC3CN(c4cc(F)cc(F)c4F)CC3C2)s1. The number of hydrogen-bond donors (Lipinski definition) is 2. The number of carboxylic acid groups (broad SMARTS) is 1. The summed E-state index contributed by atoms with van der Waals surface area (Å²) in [4.78, 5) is 19.1. The molecule has 0 saturated carbocycles. The van der Waals surface area contributed by atoms with Crippen LogP contribution in [0.1, 0.15) is 4.88 Å². The maximum atomic E-state index is 14.1. The van der Waals surface area contributed by atoms with E-state index in [2.05, 4.69) is 25.3 Å². The number of amidine groups is 1. The Morgan fingerprint density at radius 3 is 2.55 bits per heavy atom. The highest BCUT2D eigenvalue weighted by Crippen LogP contribution is 2.38. The predicted octanol–water partition coefficient (Wildman–Crippen LogP) is 2.29. The van der Waals surface area contributed by atoms with E-state index < -0.39 is 30.0 Å². The molecule has 2 fully saturated rings. The summed E-state index contributed by atoms with van der Waals surface area (Å²) >= 11 is 1.31. The van der Waals surface area contributed by atoms with E-state index in [9.17, 15) is 18.0 Å². The lowest BCUT2D eigenvalue weighted by Gasteiger charge is -2.23. The van der Waals surface area contributed by atoms with E-state index in [1.807, 2.05) is 0 Å². The third kappa shape index (κ3) is 4.45.